The van der Waals surface area contributed by atoms with Crippen LogP contribution in [0.25, 0.3) is 5.65 Å². The zero-order valence-electron chi connectivity index (χ0n) is 16.1. The van der Waals surface area contributed by atoms with Crippen LogP contribution in [0.3, 0.4) is 0 Å². The van der Waals surface area contributed by atoms with Gasteiger partial charge < -0.3 is 9.42 Å². The zero-order chi connectivity index (χ0) is 18.8. The molecule has 0 aromatic carbocycles. The summed E-state index contributed by atoms with van der Waals surface area (Å²) in [5.41, 5.74) is 1.09. The lowest BCUT2D eigenvalue weighted by atomic mass is 9.97. The van der Waals surface area contributed by atoms with Crippen LogP contribution in [0.5, 0.6) is 0 Å². The molecule has 0 unspecified atom stereocenters. The first-order chi connectivity index (χ1) is 12.9. The maximum Gasteiger partial charge on any atom is 0.229 e. The molecule has 1 saturated carbocycles. The molecule has 0 spiro atoms. The molecular formula is C18H24N8O. The minimum Gasteiger partial charge on any atom is -0.355 e. The predicted molar refractivity (Wildman–Crippen MR) is 97.4 cm³/mol. The van der Waals surface area contributed by atoms with E-state index in [9.17, 15) is 0 Å². The molecule has 2 fully saturated rings. The molecule has 5 rings (SSSR count). The Morgan fingerprint density at radius 2 is 1.81 bits per heavy atom. The fourth-order valence-electron chi connectivity index (χ4n) is 4.54. The van der Waals surface area contributed by atoms with E-state index < -0.39 is 0 Å². The van der Waals surface area contributed by atoms with Gasteiger partial charge in [-0.15, -0.1) is 14.8 Å². The third kappa shape index (κ3) is 2.44. The number of fused-ring (bicyclic) bond motifs is 1. The smallest absolute Gasteiger partial charge is 0.229 e. The summed E-state index contributed by atoms with van der Waals surface area (Å²) in [6, 6.07) is 3.85. The number of tetrazole rings is 1. The summed E-state index contributed by atoms with van der Waals surface area (Å²) in [6.07, 6.45) is 1.93. The molecule has 0 atom stereocenters. The van der Waals surface area contributed by atoms with Gasteiger partial charge >= 0.3 is 0 Å². The number of anilines is 1. The maximum atomic E-state index is 5.65. The Balaban J connectivity index is 1.27. The predicted octanol–water partition coefficient (Wildman–Crippen LogP) is 2.44. The van der Waals surface area contributed by atoms with Crippen LogP contribution in [0, 0.1) is 10.8 Å². The normalized spacial score (nSPS) is 22.4. The van der Waals surface area contributed by atoms with Gasteiger partial charge in [0.25, 0.3) is 0 Å². The molecule has 1 aliphatic carbocycles. The molecule has 9 heteroatoms. The van der Waals surface area contributed by atoms with Crippen LogP contribution in [0.2, 0.25) is 0 Å². The summed E-state index contributed by atoms with van der Waals surface area (Å²) >= 11 is 0. The van der Waals surface area contributed by atoms with Crippen LogP contribution in [0.1, 0.15) is 64.1 Å². The second-order valence-electron chi connectivity index (χ2n) is 8.85. The first kappa shape index (κ1) is 16.6. The molecule has 0 radical (unpaired) electrons. The molecule has 3 aromatic heterocycles. The molecule has 0 amide bonds. The molecule has 3 aromatic rings. The summed E-state index contributed by atoms with van der Waals surface area (Å²) in [7, 11) is 0. The molecule has 1 aliphatic heterocycles. The Morgan fingerprint density at radius 3 is 2.52 bits per heavy atom. The second-order valence-corrected chi connectivity index (χ2v) is 8.85. The van der Waals surface area contributed by atoms with E-state index in [1.54, 1.807) is 0 Å². The van der Waals surface area contributed by atoms with Gasteiger partial charge in [0.05, 0.1) is 0 Å². The average Bonchev–Trinajstić information content (AvgIpc) is 3.15. The molecule has 9 nitrogen and oxygen atoms in total. The van der Waals surface area contributed by atoms with E-state index in [4.69, 9.17) is 9.51 Å². The third-order valence-corrected chi connectivity index (χ3v) is 6.96. The summed E-state index contributed by atoms with van der Waals surface area (Å²) in [4.78, 5) is 7.03. The number of hydrogen-bond acceptors (Lipinski definition) is 8. The highest BCUT2D eigenvalue weighted by atomic mass is 16.5. The SMILES string of the molecule is CC1(C)C(c2noc(C3CCN(c4ccc5nnnn5n4)CC3)n2)C1(C)C. The van der Waals surface area contributed by atoms with Crippen LogP contribution in [0.4, 0.5) is 5.82 Å². The van der Waals surface area contributed by atoms with Crippen molar-refractivity contribution < 1.29 is 4.52 Å². The molecule has 2 aliphatic rings. The van der Waals surface area contributed by atoms with Gasteiger partial charge in [-0.3, -0.25) is 0 Å². The van der Waals surface area contributed by atoms with Gasteiger partial charge in [-0.1, -0.05) is 32.9 Å². The van der Waals surface area contributed by atoms with Crippen molar-refractivity contribution in [2.75, 3.05) is 18.0 Å². The number of rotatable bonds is 3. The molecular weight excluding hydrogens is 344 g/mol. The van der Waals surface area contributed by atoms with Gasteiger partial charge in [-0.25, -0.2) is 0 Å². The van der Waals surface area contributed by atoms with Gasteiger partial charge in [0.1, 0.15) is 0 Å². The Bertz CT molecular complexity index is 968. The van der Waals surface area contributed by atoms with Crippen molar-refractivity contribution >= 4 is 11.5 Å². The topological polar surface area (TPSA) is 98.1 Å². The fourth-order valence-corrected chi connectivity index (χ4v) is 4.54. The summed E-state index contributed by atoms with van der Waals surface area (Å²) in [5.74, 6) is 3.22. The van der Waals surface area contributed by atoms with Crippen LogP contribution in [0.15, 0.2) is 16.7 Å². The average molecular weight is 368 g/mol. The summed E-state index contributed by atoms with van der Waals surface area (Å²) in [6.45, 7) is 10.9. The van der Waals surface area contributed by atoms with E-state index in [1.807, 2.05) is 12.1 Å². The molecule has 1 saturated heterocycles. The highest BCUT2D eigenvalue weighted by molar-refractivity contribution is 5.44. The lowest BCUT2D eigenvalue weighted by Gasteiger charge is -2.30. The van der Waals surface area contributed by atoms with Gasteiger partial charge in [0.15, 0.2) is 17.3 Å². The van der Waals surface area contributed by atoms with Crippen molar-refractivity contribution in [2.24, 2.45) is 10.8 Å². The number of aromatic nitrogens is 7. The van der Waals surface area contributed by atoms with E-state index in [0.29, 0.717) is 17.5 Å². The highest BCUT2D eigenvalue weighted by Gasteiger charge is 2.67. The van der Waals surface area contributed by atoms with E-state index >= 15 is 0 Å². The fraction of sp³-hybridized carbons (Fsp3) is 0.667. The first-order valence-electron chi connectivity index (χ1n) is 9.52. The van der Waals surface area contributed by atoms with Gasteiger partial charge in [-0.2, -0.15) is 4.98 Å². The standard InChI is InChI=1S/C18H24N8O/c1-17(2)14(18(17,3)4)15-19-16(27-22-15)11-7-9-25(10-8-11)13-6-5-12-20-23-24-26(12)21-13/h5-6,11,14H,7-10H2,1-4H3. The number of nitrogens with zero attached hydrogens (tertiary/aromatic N) is 8. The van der Waals surface area contributed by atoms with Crippen LogP contribution >= 0.6 is 0 Å². The Morgan fingerprint density at radius 1 is 1.07 bits per heavy atom. The molecule has 4 heterocycles. The van der Waals surface area contributed by atoms with Crippen molar-refractivity contribution in [3.8, 4) is 0 Å². The lowest BCUT2D eigenvalue weighted by Crippen LogP contribution is -2.34. The van der Waals surface area contributed by atoms with Crippen LogP contribution in [-0.2, 0) is 0 Å². The summed E-state index contributed by atoms with van der Waals surface area (Å²) < 4.78 is 7.12. The van der Waals surface area contributed by atoms with Crippen molar-refractivity contribution in [3.63, 3.8) is 0 Å². The Labute approximate surface area is 157 Å². The van der Waals surface area contributed by atoms with Crippen LogP contribution in [-0.4, -0.2) is 48.5 Å². The quantitative estimate of drug-likeness (QED) is 0.695. The number of piperidine rings is 1. The van der Waals surface area contributed by atoms with Crippen molar-refractivity contribution in [3.05, 3.63) is 23.8 Å². The largest absolute Gasteiger partial charge is 0.355 e. The molecule has 27 heavy (non-hydrogen) atoms. The van der Waals surface area contributed by atoms with E-state index in [0.717, 1.165) is 43.5 Å². The molecule has 142 valence electrons. The Kier molecular flexibility index (Phi) is 3.36. The number of hydrogen-bond donors (Lipinski definition) is 0. The van der Waals surface area contributed by atoms with E-state index in [2.05, 4.69) is 58.4 Å². The second kappa shape index (κ2) is 5.46. The minimum absolute atomic E-state index is 0.220. The van der Waals surface area contributed by atoms with Crippen molar-refractivity contribution in [1.82, 2.24) is 35.4 Å². The highest BCUT2D eigenvalue weighted by Crippen LogP contribution is 2.73. The van der Waals surface area contributed by atoms with Crippen molar-refractivity contribution in [1.29, 1.82) is 0 Å². The molecule has 0 bridgehead atoms. The minimum atomic E-state index is 0.220. The summed E-state index contributed by atoms with van der Waals surface area (Å²) in [5, 5.41) is 20.2. The maximum absolute atomic E-state index is 5.65. The van der Waals surface area contributed by atoms with Gasteiger partial charge in [0.2, 0.25) is 5.89 Å². The third-order valence-electron chi connectivity index (χ3n) is 6.96. The van der Waals surface area contributed by atoms with E-state index in [1.165, 1.54) is 4.63 Å². The van der Waals surface area contributed by atoms with Gasteiger partial charge in [-0.05, 0) is 46.2 Å². The monoisotopic (exact) mass is 368 g/mol. The first-order valence-corrected chi connectivity index (χ1v) is 9.52. The Hall–Kier alpha value is -2.58. The zero-order valence-corrected chi connectivity index (χ0v) is 16.1. The lowest BCUT2D eigenvalue weighted by molar-refractivity contribution is 0.325. The van der Waals surface area contributed by atoms with Crippen LogP contribution < -0.4 is 4.90 Å². The van der Waals surface area contributed by atoms with Crippen molar-refractivity contribution in [2.45, 2.75) is 52.4 Å². The van der Waals surface area contributed by atoms with E-state index in [-0.39, 0.29) is 10.8 Å². The molecule has 0 N–H and O–H groups in total. The van der Waals surface area contributed by atoms with Gasteiger partial charge in [0, 0.05) is 24.9 Å².